The highest BCUT2D eigenvalue weighted by Crippen LogP contribution is 2.33. The summed E-state index contributed by atoms with van der Waals surface area (Å²) in [5.74, 6) is 2.32. The maximum Gasteiger partial charge on any atom is 0.226 e. The second-order valence-electron chi connectivity index (χ2n) is 4.87. The fourth-order valence-corrected chi connectivity index (χ4v) is 2.20. The summed E-state index contributed by atoms with van der Waals surface area (Å²) in [5, 5.41) is 2.92. The van der Waals surface area contributed by atoms with E-state index < -0.39 is 0 Å². The smallest absolute Gasteiger partial charge is 0.226 e. The van der Waals surface area contributed by atoms with E-state index in [2.05, 4.69) is 51.1 Å². The Bertz CT molecular complexity index is 614. The van der Waals surface area contributed by atoms with E-state index in [1.165, 1.54) is 0 Å². The van der Waals surface area contributed by atoms with Crippen molar-refractivity contribution in [2.45, 2.75) is 26.7 Å². The molecule has 20 heavy (non-hydrogen) atoms. The molecule has 0 saturated carbocycles. The molecule has 4 nitrogen and oxygen atoms in total. The summed E-state index contributed by atoms with van der Waals surface area (Å²) in [6.45, 7) is 6.21. The lowest BCUT2D eigenvalue weighted by atomic mass is 10.0. The fraction of sp³-hybridized carbons (Fsp3) is 0.333. The van der Waals surface area contributed by atoms with Crippen molar-refractivity contribution in [2.24, 2.45) is 0 Å². The number of nitrogens with zero attached hydrogens (tertiary/aromatic N) is 2. The highest BCUT2D eigenvalue weighted by atomic mass is 79.9. The lowest BCUT2D eigenvalue weighted by Gasteiger charge is -2.15. The Morgan fingerprint density at radius 3 is 2.70 bits per heavy atom. The molecule has 5 heteroatoms. The minimum absolute atomic E-state index is 0.369. The van der Waals surface area contributed by atoms with Crippen LogP contribution in [0.2, 0.25) is 0 Å². The van der Waals surface area contributed by atoms with E-state index in [4.69, 9.17) is 4.74 Å². The van der Waals surface area contributed by atoms with E-state index in [-0.39, 0.29) is 0 Å². The molecule has 0 spiro atoms. The van der Waals surface area contributed by atoms with Crippen LogP contribution in [0.3, 0.4) is 0 Å². The number of hydrogen-bond acceptors (Lipinski definition) is 4. The second kappa shape index (κ2) is 6.22. The molecule has 0 atom stereocenters. The van der Waals surface area contributed by atoms with Gasteiger partial charge in [0, 0.05) is 23.3 Å². The largest absolute Gasteiger partial charge is 0.438 e. The van der Waals surface area contributed by atoms with Gasteiger partial charge in [0.15, 0.2) is 0 Å². The number of aryl methyl sites for hydroxylation is 1. The number of hydrogen-bond donors (Lipinski definition) is 1. The minimum Gasteiger partial charge on any atom is -0.438 e. The van der Waals surface area contributed by atoms with Gasteiger partial charge in [-0.15, -0.1) is 0 Å². The number of nitrogens with one attached hydrogen (secondary N) is 1. The molecule has 0 aliphatic rings. The van der Waals surface area contributed by atoms with E-state index in [0.717, 1.165) is 21.3 Å². The SMILES string of the molecule is CNc1ncc(C)c(Oc2ccc(Br)cc2C(C)C)n1. The van der Waals surface area contributed by atoms with Crippen LogP contribution in [0.4, 0.5) is 5.95 Å². The van der Waals surface area contributed by atoms with Gasteiger partial charge in [0.2, 0.25) is 11.8 Å². The van der Waals surface area contributed by atoms with E-state index >= 15 is 0 Å². The van der Waals surface area contributed by atoms with Crippen molar-refractivity contribution in [1.82, 2.24) is 9.97 Å². The molecule has 2 rings (SSSR count). The van der Waals surface area contributed by atoms with Crippen molar-refractivity contribution in [3.63, 3.8) is 0 Å². The summed E-state index contributed by atoms with van der Waals surface area (Å²) in [4.78, 5) is 8.51. The fourth-order valence-electron chi connectivity index (χ4n) is 1.82. The van der Waals surface area contributed by atoms with E-state index in [0.29, 0.717) is 17.7 Å². The summed E-state index contributed by atoms with van der Waals surface area (Å²) in [7, 11) is 1.79. The van der Waals surface area contributed by atoms with Crippen molar-refractivity contribution >= 4 is 21.9 Å². The molecule has 0 aliphatic heterocycles. The van der Waals surface area contributed by atoms with E-state index in [9.17, 15) is 0 Å². The number of anilines is 1. The molecule has 0 radical (unpaired) electrons. The zero-order valence-corrected chi connectivity index (χ0v) is 13.7. The van der Waals surface area contributed by atoms with Crippen LogP contribution in [0.15, 0.2) is 28.9 Å². The molecule has 0 unspecified atom stereocenters. The van der Waals surface area contributed by atoms with Gasteiger partial charge in [-0.05, 0) is 36.6 Å². The maximum absolute atomic E-state index is 5.99. The van der Waals surface area contributed by atoms with Crippen LogP contribution >= 0.6 is 15.9 Å². The summed E-state index contributed by atoms with van der Waals surface area (Å²) in [5.41, 5.74) is 2.05. The summed E-state index contributed by atoms with van der Waals surface area (Å²) < 4.78 is 7.03. The summed E-state index contributed by atoms with van der Waals surface area (Å²) >= 11 is 3.50. The highest BCUT2D eigenvalue weighted by Gasteiger charge is 2.12. The average Bonchev–Trinajstić information content (AvgIpc) is 2.42. The molecule has 1 heterocycles. The molecule has 106 valence electrons. The number of rotatable bonds is 4. The van der Waals surface area contributed by atoms with Crippen LogP contribution in [0.5, 0.6) is 11.6 Å². The Labute approximate surface area is 127 Å². The Morgan fingerprint density at radius 1 is 1.30 bits per heavy atom. The predicted octanol–water partition coefficient (Wildman–Crippen LogP) is 4.50. The Morgan fingerprint density at radius 2 is 2.05 bits per heavy atom. The number of halogens is 1. The molecule has 1 aromatic carbocycles. The van der Waals surface area contributed by atoms with Crippen molar-refractivity contribution in [2.75, 3.05) is 12.4 Å². The third-order valence-corrected chi connectivity index (χ3v) is 3.44. The van der Waals surface area contributed by atoms with Crippen molar-refractivity contribution in [3.05, 3.63) is 40.0 Å². The van der Waals surface area contributed by atoms with Gasteiger partial charge in [0.05, 0.1) is 0 Å². The zero-order chi connectivity index (χ0) is 14.7. The third kappa shape index (κ3) is 3.28. The lowest BCUT2D eigenvalue weighted by Crippen LogP contribution is -2.01. The van der Waals surface area contributed by atoms with Gasteiger partial charge >= 0.3 is 0 Å². The van der Waals surface area contributed by atoms with Gasteiger partial charge in [0.25, 0.3) is 0 Å². The van der Waals surface area contributed by atoms with Crippen molar-refractivity contribution in [1.29, 1.82) is 0 Å². The molecule has 1 aromatic heterocycles. The van der Waals surface area contributed by atoms with E-state index in [1.807, 2.05) is 19.1 Å². The van der Waals surface area contributed by atoms with Crippen molar-refractivity contribution in [3.8, 4) is 11.6 Å². The summed E-state index contributed by atoms with van der Waals surface area (Å²) in [6.07, 6.45) is 1.75. The number of aromatic nitrogens is 2. The van der Waals surface area contributed by atoms with Crippen LogP contribution in [0.1, 0.15) is 30.9 Å². The molecule has 0 fully saturated rings. The Hall–Kier alpha value is -1.62. The van der Waals surface area contributed by atoms with Crippen molar-refractivity contribution < 1.29 is 4.74 Å². The highest BCUT2D eigenvalue weighted by molar-refractivity contribution is 9.10. The molecule has 0 amide bonds. The first kappa shape index (κ1) is 14.8. The number of benzene rings is 1. The number of ether oxygens (including phenoxy) is 1. The molecule has 2 aromatic rings. The van der Waals surface area contributed by atoms with Crippen LogP contribution < -0.4 is 10.1 Å². The van der Waals surface area contributed by atoms with Gasteiger partial charge in [-0.25, -0.2) is 4.98 Å². The van der Waals surface area contributed by atoms with Crippen LogP contribution in [-0.2, 0) is 0 Å². The Balaban J connectivity index is 2.39. The quantitative estimate of drug-likeness (QED) is 0.893. The first-order valence-electron chi connectivity index (χ1n) is 6.50. The van der Waals surface area contributed by atoms with Crippen LogP contribution in [-0.4, -0.2) is 17.0 Å². The van der Waals surface area contributed by atoms with Gasteiger partial charge in [0.1, 0.15) is 5.75 Å². The molecular formula is C15H18BrN3O. The summed E-state index contributed by atoms with van der Waals surface area (Å²) in [6, 6.07) is 6.01. The van der Waals surface area contributed by atoms with E-state index in [1.54, 1.807) is 13.2 Å². The van der Waals surface area contributed by atoms with Gasteiger partial charge in [-0.1, -0.05) is 29.8 Å². The van der Waals surface area contributed by atoms with Gasteiger partial charge < -0.3 is 10.1 Å². The molecular weight excluding hydrogens is 318 g/mol. The molecule has 0 saturated heterocycles. The second-order valence-corrected chi connectivity index (χ2v) is 5.79. The van der Waals surface area contributed by atoms with Crippen LogP contribution in [0.25, 0.3) is 0 Å². The molecule has 1 N–H and O–H groups in total. The topological polar surface area (TPSA) is 47.0 Å². The van der Waals surface area contributed by atoms with Crippen LogP contribution in [0, 0.1) is 6.92 Å². The monoisotopic (exact) mass is 335 g/mol. The van der Waals surface area contributed by atoms with Gasteiger partial charge in [-0.2, -0.15) is 4.98 Å². The third-order valence-electron chi connectivity index (χ3n) is 2.95. The molecule has 0 aliphatic carbocycles. The minimum atomic E-state index is 0.369. The normalized spacial score (nSPS) is 10.7. The maximum atomic E-state index is 5.99. The van der Waals surface area contributed by atoms with Gasteiger partial charge in [-0.3, -0.25) is 0 Å². The standard InChI is InChI=1S/C15H18BrN3O/c1-9(2)12-7-11(16)5-6-13(12)20-14-10(3)8-18-15(17-4)19-14/h5-9H,1-4H3,(H,17,18,19). The first-order chi connectivity index (χ1) is 9.51. The first-order valence-corrected chi connectivity index (χ1v) is 7.29. The Kier molecular flexibility index (Phi) is 4.60. The molecule has 0 bridgehead atoms. The average molecular weight is 336 g/mol. The lowest BCUT2D eigenvalue weighted by molar-refractivity contribution is 0.450. The predicted molar refractivity (Wildman–Crippen MR) is 84.6 cm³/mol. The zero-order valence-electron chi connectivity index (χ0n) is 12.1.